The molecule has 0 bridgehead atoms. The number of carbonyl (C=O) groups excluding carboxylic acids is 2. The molecule has 2 aromatic carbocycles. The highest BCUT2D eigenvalue weighted by Gasteiger charge is 2.46. The van der Waals surface area contributed by atoms with Gasteiger partial charge >= 0.3 is 0 Å². The van der Waals surface area contributed by atoms with Crippen LogP contribution in [0.25, 0.3) is 5.76 Å². The van der Waals surface area contributed by atoms with Gasteiger partial charge in [0.05, 0.1) is 23.8 Å². The van der Waals surface area contributed by atoms with Gasteiger partial charge in [0.15, 0.2) is 0 Å². The smallest absolute Gasteiger partial charge is 0.295 e. The number of rotatable bonds is 7. The van der Waals surface area contributed by atoms with E-state index in [1.54, 1.807) is 30.3 Å². The zero-order chi connectivity index (χ0) is 24.4. The van der Waals surface area contributed by atoms with E-state index in [1.165, 1.54) is 17.0 Å². The third kappa shape index (κ3) is 4.33. The molecule has 2 heterocycles. The molecule has 0 radical (unpaired) electrons. The second-order valence-electron chi connectivity index (χ2n) is 8.57. The second kappa shape index (κ2) is 9.77. The van der Waals surface area contributed by atoms with Crippen LogP contribution in [0.2, 0.25) is 0 Å². The predicted octanol–water partition coefficient (Wildman–Crippen LogP) is 2.98. The molecule has 0 saturated carbocycles. The third-order valence-electron chi connectivity index (χ3n) is 6.61. The Morgan fingerprint density at radius 3 is 2.62 bits per heavy atom. The molecule has 1 atom stereocenters. The van der Waals surface area contributed by atoms with Gasteiger partial charge in [-0.25, -0.2) is 0 Å². The lowest BCUT2D eigenvalue weighted by Gasteiger charge is -2.29. The molecule has 8 nitrogen and oxygen atoms in total. The van der Waals surface area contributed by atoms with E-state index in [9.17, 15) is 19.8 Å². The van der Waals surface area contributed by atoms with Crippen molar-refractivity contribution in [3.8, 4) is 11.5 Å². The van der Waals surface area contributed by atoms with Gasteiger partial charge in [0.25, 0.3) is 11.7 Å². The number of Topliss-reactive ketones (excluding diaryl/α,β-unsaturated/α-hetero) is 1. The number of nitrogens with zero attached hydrogens (tertiary/aromatic N) is 3. The Balaban J connectivity index is 1.80. The number of ketones is 1. The normalized spacial score (nSPS) is 19.5. The molecule has 2 aliphatic heterocycles. The van der Waals surface area contributed by atoms with Gasteiger partial charge in [0.1, 0.15) is 23.9 Å². The van der Waals surface area contributed by atoms with Crippen LogP contribution in [0.5, 0.6) is 11.5 Å². The van der Waals surface area contributed by atoms with Gasteiger partial charge in [-0.15, -0.1) is 0 Å². The summed E-state index contributed by atoms with van der Waals surface area (Å²) in [4.78, 5) is 32.0. The number of hydrogen-bond donors (Lipinski definition) is 2. The lowest BCUT2D eigenvalue weighted by atomic mass is 9.95. The van der Waals surface area contributed by atoms with Crippen molar-refractivity contribution in [3.05, 3.63) is 59.2 Å². The molecular weight excluding hydrogens is 434 g/mol. The summed E-state index contributed by atoms with van der Waals surface area (Å²) in [6.45, 7) is 7.92. The van der Waals surface area contributed by atoms with Crippen LogP contribution in [-0.4, -0.2) is 78.1 Å². The Hall–Kier alpha value is -3.52. The second-order valence-corrected chi connectivity index (χ2v) is 8.57. The number of likely N-dealkylation sites (N-methyl/N-ethyl adjacent to an activating group) is 2. The number of amides is 1. The highest BCUT2D eigenvalue weighted by Crippen LogP contribution is 2.41. The van der Waals surface area contributed by atoms with Crippen LogP contribution in [0.1, 0.15) is 31.0 Å². The van der Waals surface area contributed by atoms with Gasteiger partial charge in [0, 0.05) is 25.7 Å². The SMILES string of the molecule is CCN(CC)CCN1C(=O)C(=O)/C(=C(\O)c2ccc3c(c2)N(C)CCO3)C1c1cccc(O)c1. The van der Waals surface area contributed by atoms with Gasteiger partial charge in [-0.2, -0.15) is 0 Å². The maximum Gasteiger partial charge on any atom is 0.295 e. The number of benzene rings is 2. The molecule has 0 aliphatic carbocycles. The molecule has 1 unspecified atom stereocenters. The first-order valence-electron chi connectivity index (χ1n) is 11.6. The van der Waals surface area contributed by atoms with Crippen LogP contribution < -0.4 is 9.64 Å². The van der Waals surface area contributed by atoms with Crippen molar-refractivity contribution >= 4 is 23.1 Å². The van der Waals surface area contributed by atoms with E-state index in [0.29, 0.717) is 43.1 Å². The minimum atomic E-state index is -0.798. The average molecular weight is 466 g/mol. The third-order valence-corrected chi connectivity index (χ3v) is 6.61. The average Bonchev–Trinajstić information content (AvgIpc) is 3.09. The van der Waals surface area contributed by atoms with E-state index < -0.39 is 17.7 Å². The summed E-state index contributed by atoms with van der Waals surface area (Å²) in [6.07, 6.45) is 0. The fraction of sp³-hybridized carbons (Fsp3) is 0.385. The van der Waals surface area contributed by atoms with E-state index >= 15 is 0 Å². The molecule has 2 N–H and O–H groups in total. The van der Waals surface area contributed by atoms with E-state index in [-0.39, 0.29) is 17.1 Å². The summed E-state index contributed by atoms with van der Waals surface area (Å²) in [5.74, 6) is -0.888. The fourth-order valence-electron chi connectivity index (χ4n) is 4.59. The Labute approximate surface area is 199 Å². The topological polar surface area (TPSA) is 93.6 Å². The number of phenolic OH excluding ortho intramolecular Hbond substituents is 1. The number of aliphatic hydroxyl groups is 1. The first kappa shape index (κ1) is 23.6. The first-order chi connectivity index (χ1) is 16.3. The van der Waals surface area contributed by atoms with Crippen LogP contribution in [0, 0.1) is 0 Å². The standard InChI is InChI=1S/C26H31N3O5/c1-4-28(5-2)11-12-29-23(17-7-6-8-19(30)15-17)22(25(32)26(29)33)24(31)18-9-10-21-20(16-18)27(3)13-14-34-21/h6-10,15-16,23,30-31H,4-5,11-14H2,1-3H3/b24-22-. The number of likely N-dealkylation sites (tertiary alicyclic amines) is 1. The minimum absolute atomic E-state index is 0.0227. The summed E-state index contributed by atoms with van der Waals surface area (Å²) >= 11 is 0. The molecule has 1 saturated heterocycles. The molecule has 4 rings (SSSR count). The van der Waals surface area contributed by atoms with E-state index in [2.05, 4.69) is 4.90 Å². The Morgan fingerprint density at radius 2 is 1.91 bits per heavy atom. The molecule has 34 heavy (non-hydrogen) atoms. The summed E-state index contributed by atoms with van der Waals surface area (Å²) in [7, 11) is 1.93. The number of carbonyl (C=O) groups is 2. The highest BCUT2D eigenvalue weighted by atomic mass is 16.5. The van der Waals surface area contributed by atoms with Crippen molar-refractivity contribution in [1.82, 2.24) is 9.80 Å². The van der Waals surface area contributed by atoms with Crippen molar-refractivity contribution in [2.24, 2.45) is 0 Å². The van der Waals surface area contributed by atoms with Gasteiger partial charge < -0.3 is 29.6 Å². The maximum atomic E-state index is 13.2. The fourth-order valence-corrected chi connectivity index (χ4v) is 4.59. The van der Waals surface area contributed by atoms with Gasteiger partial charge in [0.2, 0.25) is 0 Å². The van der Waals surface area contributed by atoms with E-state index in [1.807, 2.05) is 25.8 Å². The Kier molecular flexibility index (Phi) is 6.79. The molecule has 0 aromatic heterocycles. The van der Waals surface area contributed by atoms with Gasteiger partial charge in [-0.3, -0.25) is 9.59 Å². The number of aliphatic hydroxyl groups excluding tert-OH is 1. The van der Waals surface area contributed by atoms with Crippen LogP contribution >= 0.6 is 0 Å². The Morgan fingerprint density at radius 1 is 1.15 bits per heavy atom. The predicted molar refractivity (Wildman–Crippen MR) is 130 cm³/mol. The molecule has 8 heteroatoms. The summed E-state index contributed by atoms with van der Waals surface area (Å²) in [5.41, 5.74) is 1.83. The molecule has 1 fully saturated rings. The Bertz CT molecular complexity index is 1130. The summed E-state index contributed by atoms with van der Waals surface area (Å²) in [6, 6.07) is 10.9. The van der Waals surface area contributed by atoms with Crippen molar-refractivity contribution in [2.75, 3.05) is 51.3 Å². The zero-order valence-corrected chi connectivity index (χ0v) is 19.8. The van der Waals surface area contributed by atoms with E-state index in [0.717, 1.165) is 18.8 Å². The monoisotopic (exact) mass is 465 g/mol. The molecule has 2 aliphatic rings. The van der Waals surface area contributed by atoms with E-state index in [4.69, 9.17) is 4.74 Å². The molecular formula is C26H31N3O5. The van der Waals surface area contributed by atoms with Crippen LogP contribution in [0.4, 0.5) is 5.69 Å². The quantitative estimate of drug-likeness (QED) is 0.369. The number of aromatic hydroxyl groups is 1. The largest absolute Gasteiger partial charge is 0.508 e. The van der Waals surface area contributed by atoms with Crippen LogP contribution in [0.15, 0.2) is 48.0 Å². The number of phenols is 1. The lowest BCUT2D eigenvalue weighted by Crippen LogP contribution is -2.38. The number of anilines is 1. The molecule has 2 aromatic rings. The lowest BCUT2D eigenvalue weighted by molar-refractivity contribution is -0.140. The minimum Gasteiger partial charge on any atom is -0.508 e. The van der Waals surface area contributed by atoms with Crippen molar-refractivity contribution in [1.29, 1.82) is 0 Å². The number of ether oxygens (including phenoxy) is 1. The van der Waals surface area contributed by atoms with Crippen molar-refractivity contribution < 1.29 is 24.5 Å². The number of fused-ring (bicyclic) bond motifs is 1. The van der Waals surface area contributed by atoms with Crippen molar-refractivity contribution in [2.45, 2.75) is 19.9 Å². The van der Waals surface area contributed by atoms with Gasteiger partial charge in [-0.05, 0) is 49.0 Å². The number of hydrogen-bond acceptors (Lipinski definition) is 7. The van der Waals surface area contributed by atoms with Crippen LogP contribution in [-0.2, 0) is 9.59 Å². The highest BCUT2D eigenvalue weighted by molar-refractivity contribution is 6.46. The summed E-state index contributed by atoms with van der Waals surface area (Å²) < 4.78 is 5.69. The van der Waals surface area contributed by atoms with Crippen molar-refractivity contribution in [3.63, 3.8) is 0 Å². The maximum absolute atomic E-state index is 13.2. The molecule has 1 amide bonds. The first-order valence-corrected chi connectivity index (χ1v) is 11.6. The zero-order valence-electron chi connectivity index (χ0n) is 19.8. The summed E-state index contributed by atoms with van der Waals surface area (Å²) in [5, 5.41) is 21.4. The molecule has 180 valence electrons. The van der Waals surface area contributed by atoms with Gasteiger partial charge in [-0.1, -0.05) is 26.0 Å². The van der Waals surface area contributed by atoms with Crippen LogP contribution in [0.3, 0.4) is 0 Å². The molecule has 0 spiro atoms.